The summed E-state index contributed by atoms with van der Waals surface area (Å²) in [4.78, 5) is 35.3. The van der Waals surface area contributed by atoms with Gasteiger partial charge in [-0.2, -0.15) is 0 Å². The molecule has 1 aliphatic rings. The SMILES string of the molecule is COc1cccc(CN2CCC(C(=O)N(C)Cc3ccccc3)CC2)c1OC.O=C(O)C(=O)O. The van der Waals surface area contributed by atoms with E-state index >= 15 is 0 Å². The first-order chi connectivity index (χ1) is 16.3. The molecule has 0 aromatic heterocycles. The summed E-state index contributed by atoms with van der Waals surface area (Å²) in [6.45, 7) is 3.30. The Hall–Kier alpha value is -3.59. The van der Waals surface area contributed by atoms with Gasteiger partial charge in [-0.15, -0.1) is 0 Å². The summed E-state index contributed by atoms with van der Waals surface area (Å²) < 4.78 is 10.9. The number of piperidine rings is 1. The second-order valence-corrected chi connectivity index (χ2v) is 7.99. The molecule has 0 aliphatic carbocycles. The molecular formula is C25H32N2O7. The maximum Gasteiger partial charge on any atom is 0.414 e. The zero-order chi connectivity index (χ0) is 25.1. The van der Waals surface area contributed by atoms with Crippen molar-refractivity contribution in [2.24, 2.45) is 5.92 Å². The van der Waals surface area contributed by atoms with Crippen LogP contribution in [0.25, 0.3) is 0 Å². The largest absolute Gasteiger partial charge is 0.493 e. The lowest BCUT2D eigenvalue weighted by Crippen LogP contribution is -2.40. The van der Waals surface area contributed by atoms with Gasteiger partial charge in [-0.25, -0.2) is 9.59 Å². The van der Waals surface area contributed by atoms with Crippen LogP contribution in [0.2, 0.25) is 0 Å². The van der Waals surface area contributed by atoms with Crippen molar-refractivity contribution in [3.63, 3.8) is 0 Å². The predicted octanol–water partition coefficient (Wildman–Crippen LogP) is 2.73. The molecule has 1 fully saturated rings. The van der Waals surface area contributed by atoms with Crippen molar-refractivity contribution >= 4 is 17.8 Å². The topological polar surface area (TPSA) is 117 Å². The van der Waals surface area contributed by atoms with Crippen LogP contribution in [-0.2, 0) is 27.5 Å². The lowest BCUT2D eigenvalue weighted by Gasteiger charge is -2.33. The van der Waals surface area contributed by atoms with Gasteiger partial charge in [0.15, 0.2) is 11.5 Å². The normalized spacial score (nSPS) is 13.9. The number of rotatable bonds is 7. The fourth-order valence-corrected chi connectivity index (χ4v) is 3.90. The number of carboxylic acids is 2. The first-order valence-corrected chi connectivity index (χ1v) is 10.9. The summed E-state index contributed by atoms with van der Waals surface area (Å²) in [6.07, 6.45) is 1.79. The summed E-state index contributed by atoms with van der Waals surface area (Å²) in [5.74, 6) is -1.73. The molecule has 1 saturated heterocycles. The van der Waals surface area contributed by atoms with Crippen LogP contribution in [0.5, 0.6) is 11.5 Å². The highest BCUT2D eigenvalue weighted by Gasteiger charge is 2.27. The molecule has 1 amide bonds. The first kappa shape index (κ1) is 26.7. The van der Waals surface area contributed by atoms with E-state index in [2.05, 4.69) is 23.1 Å². The molecule has 0 radical (unpaired) electrons. The molecule has 2 N–H and O–H groups in total. The number of carbonyl (C=O) groups excluding carboxylic acids is 1. The lowest BCUT2D eigenvalue weighted by atomic mass is 9.94. The van der Waals surface area contributed by atoms with Gasteiger partial charge in [0, 0.05) is 31.6 Å². The van der Waals surface area contributed by atoms with Crippen molar-refractivity contribution in [1.29, 1.82) is 0 Å². The Balaban J connectivity index is 0.000000604. The van der Waals surface area contributed by atoms with E-state index < -0.39 is 11.9 Å². The van der Waals surface area contributed by atoms with E-state index in [1.807, 2.05) is 42.3 Å². The van der Waals surface area contributed by atoms with Crippen molar-refractivity contribution in [2.45, 2.75) is 25.9 Å². The summed E-state index contributed by atoms with van der Waals surface area (Å²) in [5, 5.41) is 14.8. The number of ether oxygens (including phenoxy) is 2. The average Bonchev–Trinajstić information content (AvgIpc) is 2.84. The molecule has 0 saturated carbocycles. The number of carboxylic acid groups (broad SMARTS) is 2. The first-order valence-electron chi connectivity index (χ1n) is 10.9. The van der Waals surface area contributed by atoms with Crippen molar-refractivity contribution in [2.75, 3.05) is 34.4 Å². The molecule has 9 heteroatoms. The molecule has 0 atom stereocenters. The second-order valence-electron chi connectivity index (χ2n) is 7.99. The van der Waals surface area contributed by atoms with E-state index in [9.17, 15) is 4.79 Å². The smallest absolute Gasteiger partial charge is 0.414 e. The van der Waals surface area contributed by atoms with Crippen molar-refractivity contribution < 1.29 is 34.1 Å². The standard InChI is InChI=1S/C23H30N2O3.C2H2O4/c1-24(16-18-8-5-4-6-9-18)23(26)19-12-14-25(15-13-19)17-20-10-7-11-21(27-2)22(20)28-3;3-1(4)2(5)6/h4-11,19H,12-17H2,1-3H3;(H,3,4)(H,5,6). The van der Waals surface area contributed by atoms with Gasteiger partial charge in [-0.3, -0.25) is 9.69 Å². The van der Waals surface area contributed by atoms with Crippen LogP contribution in [-0.4, -0.2) is 72.2 Å². The monoisotopic (exact) mass is 472 g/mol. The van der Waals surface area contributed by atoms with Gasteiger partial charge >= 0.3 is 11.9 Å². The van der Waals surface area contributed by atoms with Gasteiger partial charge in [-0.1, -0.05) is 42.5 Å². The molecule has 3 rings (SSSR count). The second kappa shape index (κ2) is 13.2. The minimum atomic E-state index is -1.82. The third-order valence-electron chi connectivity index (χ3n) is 5.64. The number of hydrogen-bond acceptors (Lipinski definition) is 6. The summed E-state index contributed by atoms with van der Waals surface area (Å²) in [6, 6.07) is 16.1. The summed E-state index contributed by atoms with van der Waals surface area (Å²) in [5.41, 5.74) is 2.29. The van der Waals surface area contributed by atoms with E-state index in [-0.39, 0.29) is 11.8 Å². The van der Waals surface area contributed by atoms with Crippen LogP contribution in [0, 0.1) is 5.92 Å². The van der Waals surface area contributed by atoms with Crippen molar-refractivity contribution in [3.8, 4) is 11.5 Å². The van der Waals surface area contributed by atoms with Crippen LogP contribution in [0.4, 0.5) is 0 Å². The Morgan fingerprint density at radius 1 is 0.941 bits per heavy atom. The molecule has 0 unspecified atom stereocenters. The summed E-state index contributed by atoms with van der Waals surface area (Å²) >= 11 is 0. The van der Waals surface area contributed by atoms with Gasteiger partial charge in [-0.05, 0) is 37.6 Å². The Kier molecular flexibility index (Phi) is 10.3. The molecule has 1 aliphatic heterocycles. The van der Waals surface area contributed by atoms with Crippen molar-refractivity contribution in [3.05, 3.63) is 59.7 Å². The van der Waals surface area contributed by atoms with Crippen LogP contribution in [0.15, 0.2) is 48.5 Å². The summed E-state index contributed by atoms with van der Waals surface area (Å²) in [7, 11) is 5.24. The van der Waals surface area contributed by atoms with Gasteiger partial charge in [0.05, 0.1) is 14.2 Å². The van der Waals surface area contributed by atoms with E-state index in [0.717, 1.165) is 49.5 Å². The van der Waals surface area contributed by atoms with Gasteiger partial charge in [0.2, 0.25) is 5.91 Å². The zero-order valence-electron chi connectivity index (χ0n) is 19.8. The number of nitrogens with zero attached hydrogens (tertiary/aromatic N) is 2. The molecular weight excluding hydrogens is 440 g/mol. The Morgan fingerprint density at radius 3 is 2.09 bits per heavy atom. The molecule has 2 aromatic carbocycles. The van der Waals surface area contributed by atoms with Crippen molar-refractivity contribution in [1.82, 2.24) is 9.80 Å². The van der Waals surface area contributed by atoms with Gasteiger partial charge in [0.25, 0.3) is 0 Å². The van der Waals surface area contributed by atoms with Crippen LogP contribution >= 0.6 is 0 Å². The molecule has 0 bridgehead atoms. The number of benzene rings is 2. The van der Waals surface area contributed by atoms with E-state index in [1.54, 1.807) is 14.2 Å². The minimum absolute atomic E-state index is 0.108. The maximum absolute atomic E-state index is 12.8. The lowest BCUT2D eigenvalue weighted by molar-refractivity contribution is -0.159. The number of hydrogen-bond donors (Lipinski definition) is 2. The maximum atomic E-state index is 12.8. The fourth-order valence-electron chi connectivity index (χ4n) is 3.90. The fraction of sp³-hybridized carbons (Fsp3) is 0.400. The molecule has 9 nitrogen and oxygen atoms in total. The Bertz CT molecular complexity index is 945. The molecule has 34 heavy (non-hydrogen) atoms. The number of methoxy groups -OCH3 is 2. The van der Waals surface area contributed by atoms with Crippen LogP contribution in [0.3, 0.4) is 0 Å². The Morgan fingerprint density at radius 2 is 1.56 bits per heavy atom. The van der Waals surface area contributed by atoms with E-state index in [1.165, 1.54) is 5.56 Å². The molecule has 1 heterocycles. The molecule has 184 valence electrons. The van der Waals surface area contributed by atoms with Gasteiger partial charge < -0.3 is 24.6 Å². The number of likely N-dealkylation sites (tertiary alicyclic amines) is 1. The minimum Gasteiger partial charge on any atom is -0.493 e. The highest BCUT2D eigenvalue weighted by atomic mass is 16.5. The molecule has 2 aromatic rings. The van der Waals surface area contributed by atoms with E-state index in [4.69, 9.17) is 29.3 Å². The van der Waals surface area contributed by atoms with Crippen LogP contribution < -0.4 is 9.47 Å². The quantitative estimate of drug-likeness (QED) is 0.591. The van der Waals surface area contributed by atoms with E-state index in [0.29, 0.717) is 6.54 Å². The Labute approximate surface area is 199 Å². The number of aliphatic carboxylic acids is 2. The average molecular weight is 473 g/mol. The number of amides is 1. The zero-order valence-corrected chi connectivity index (χ0v) is 19.8. The predicted molar refractivity (Wildman–Crippen MR) is 126 cm³/mol. The van der Waals surface area contributed by atoms with Gasteiger partial charge in [0.1, 0.15) is 0 Å². The molecule has 0 spiro atoms. The number of carbonyl (C=O) groups is 3. The highest BCUT2D eigenvalue weighted by Crippen LogP contribution is 2.32. The number of para-hydroxylation sites is 1. The highest BCUT2D eigenvalue weighted by molar-refractivity contribution is 6.27. The van der Waals surface area contributed by atoms with Crippen LogP contribution in [0.1, 0.15) is 24.0 Å². The third kappa shape index (κ3) is 7.77. The third-order valence-corrected chi connectivity index (χ3v) is 5.64.